The van der Waals surface area contributed by atoms with Crippen molar-refractivity contribution < 1.29 is 14.4 Å². The molecule has 0 bridgehead atoms. The van der Waals surface area contributed by atoms with E-state index in [0.29, 0.717) is 19.6 Å². The monoisotopic (exact) mass is 343 g/mol. The fourth-order valence-electron chi connectivity index (χ4n) is 3.30. The first-order chi connectivity index (χ1) is 12.1. The number of piperazine rings is 1. The predicted molar refractivity (Wildman–Crippen MR) is 93.6 cm³/mol. The second kappa shape index (κ2) is 7.68. The van der Waals surface area contributed by atoms with Crippen molar-refractivity contribution in [2.24, 2.45) is 0 Å². The van der Waals surface area contributed by atoms with Crippen LogP contribution in [0.2, 0.25) is 0 Å². The van der Waals surface area contributed by atoms with Crippen molar-refractivity contribution in [2.45, 2.75) is 32.2 Å². The largest absolute Gasteiger partial charge is 0.340 e. The molecule has 2 fully saturated rings. The van der Waals surface area contributed by atoms with E-state index in [9.17, 15) is 14.4 Å². The molecule has 0 unspecified atom stereocenters. The van der Waals surface area contributed by atoms with Crippen molar-refractivity contribution in [1.82, 2.24) is 14.7 Å². The van der Waals surface area contributed by atoms with Crippen LogP contribution in [0.4, 0.5) is 0 Å². The normalized spacial score (nSPS) is 19.0. The summed E-state index contributed by atoms with van der Waals surface area (Å²) >= 11 is 0. The first-order valence-corrected chi connectivity index (χ1v) is 9.07. The number of amides is 3. The van der Waals surface area contributed by atoms with Crippen molar-refractivity contribution in [3.63, 3.8) is 0 Å². The summed E-state index contributed by atoms with van der Waals surface area (Å²) in [6.45, 7) is 4.99. The summed E-state index contributed by atoms with van der Waals surface area (Å²) in [5.74, 6) is -1.14. The van der Waals surface area contributed by atoms with Gasteiger partial charge < -0.3 is 14.7 Å². The number of nitrogens with zero attached hydrogens (tertiary/aromatic N) is 3. The van der Waals surface area contributed by atoms with Crippen LogP contribution in [0.25, 0.3) is 0 Å². The molecular weight excluding hydrogens is 318 g/mol. The van der Waals surface area contributed by atoms with Crippen LogP contribution >= 0.6 is 0 Å². The Kier molecular flexibility index (Phi) is 5.36. The summed E-state index contributed by atoms with van der Waals surface area (Å²) in [6.07, 6.45) is 2.85. The molecule has 134 valence electrons. The summed E-state index contributed by atoms with van der Waals surface area (Å²) in [5, 5.41) is 0. The maximum absolute atomic E-state index is 12.9. The van der Waals surface area contributed by atoms with Crippen molar-refractivity contribution in [1.29, 1.82) is 0 Å². The van der Waals surface area contributed by atoms with E-state index in [1.807, 2.05) is 30.3 Å². The summed E-state index contributed by atoms with van der Waals surface area (Å²) in [5.41, 5.74) is 0.766. The van der Waals surface area contributed by atoms with E-state index in [-0.39, 0.29) is 5.91 Å². The van der Waals surface area contributed by atoms with Gasteiger partial charge >= 0.3 is 11.8 Å². The second-order valence-corrected chi connectivity index (χ2v) is 6.64. The minimum Gasteiger partial charge on any atom is -0.340 e. The topological polar surface area (TPSA) is 60.9 Å². The zero-order valence-corrected chi connectivity index (χ0v) is 14.7. The molecule has 1 aromatic carbocycles. The van der Waals surface area contributed by atoms with Gasteiger partial charge in [-0.25, -0.2) is 0 Å². The molecule has 0 spiro atoms. The lowest BCUT2D eigenvalue weighted by Gasteiger charge is -2.41. The van der Waals surface area contributed by atoms with Crippen molar-refractivity contribution in [3.8, 4) is 0 Å². The van der Waals surface area contributed by atoms with E-state index >= 15 is 0 Å². The molecule has 2 aliphatic heterocycles. The third-order valence-corrected chi connectivity index (χ3v) is 4.95. The molecule has 3 amide bonds. The van der Waals surface area contributed by atoms with Gasteiger partial charge in [0.2, 0.25) is 5.91 Å². The standard InChI is InChI=1S/C19H25N3O3/c1-2-3-10-21-13-14-22(19(25)18(21)24)16(15-8-5-4-6-9-15)17(23)20-11-7-12-20/h4-6,8-9,16H,2-3,7,10-14H2,1H3/t16-/m0/s1. The van der Waals surface area contributed by atoms with Gasteiger partial charge in [0, 0.05) is 32.7 Å². The number of carbonyl (C=O) groups excluding carboxylic acids is 3. The maximum Gasteiger partial charge on any atom is 0.313 e. The molecule has 25 heavy (non-hydrogen) atoms. The SMILES string of the molecule is CCCCN1CCN([C@H](C(=O)N2CCC2)c2ccccc2)C(=O)C1=O. The van der Waals surface area contributed by atoms with E-state index in [2.05, 4.69) is 6.92 Å². The average molecular weight is 343 g/mol. The van der Waals surface area contributed by atoms with Gasteiger partial charge in [-0.05, 0) is 18.4 Å². The Morgan fingerprint density at radius 2 is 1.76 bits per heavy atom. The number of hydrogen-bond donors (Lipinski definition) is 0. The Morgan fingerprint density at radius 1 is 1.04 bits per heavy atom. The lowest BCUT2D eigenvalue weighted by atomic mass is 10.0. The smallest absolute Gasteiger partial charge is 0.313 e. The van der Waals surface area contributed by atoms with Crippen LogP contribution in [0.1, 0.15) is 37.8 Å². The highest BCUT2D eigenvalue weighted by Crippen LogP contribution is 2.27. The molecule has 6 heteroatoms. The molecule has 2 saturated heterocycles. The highest BCUT2D eigenvalue weighted by Gasteiger charge is 2.41. The quantitative estimate of drug-likeness (QED) is 0.734. The molecule has 0 radical (unpaired) electrons. The molecule has 0 saturated carbocycles. The molecular formula is C19H25N3O3. The Balaban J connectivity index is 1.82. The Morgan fingerprint density at radius 3 is 2.36 bits per heavy atom. The van der Waals surface area contributed by atoms with Gasteiger partial charge in [0.05, 0.1) is 0 Å². The number of rotatable bonds is 6. The summed E-state index contributed by atoms with van der Waals surface area (Å²) < 4.78 is 0. The molecule has 1 aromatic rings. The highest BCUT2D eigenvalue weighted by atomic mass is 16.2. The maximum atomic E-state index is 12.9. The van der Waals surface area contributed by atoms with E-state index in [1.165, 1.54) is 4.90 Å². The van der Waals surface area contributed by atoms with Gasteiger partial charge in [-0.1, -0.05) is 43.7 Å². The van der Waals surface area contributed by atoms with E-state index in [4.69, 9.17) is 0 Å². The Bertz CT molecular complexity index is 643. The van der Waals surface area contributed by atoms with Crippen LogP contribution in [-0.4, -0.2) is 65.1 Å². The van der Waals surface area contributed by atoms with Gasteiger partial charge in [0.1, 0.15) is 6.04 Å². The van der Waals surface area contributed by atoms with Gasteiger partial charge in [-0.2, -0.15) is 0 Å². The number of carbonyl (C=O) groups is 3. The highest BCUT2D eigenvalue weighted by molar-refractivity contribution is 6.35. The summed E-state index contributed by atoms with van der Waals surface area (Å²) in [6, 6.07) is 8.59. The number of unbranched alkanes of at least 4 members (excludes halogenated alkanes) is 1. The van der Waals surface area contributed by atoms with Crippen LogP contribution in [0.3, 0.4) is 0 Å². The van der Waals surface area contributed by atoms with Crippen LogP contribution in [-0.2, 0) is 14.4 Å². The third-order valence-electron chi connectivity index (χ3n) is 4.95. The van der Waals surface area contributed by atoms with Crippen molar-refractivity contribution >= 4 is 17.7 Å². The zero-order valence-electron chi connectivity index (χ0n) is 14.7. The van der Waals surface area contributed by atoms with Crippen molar-refractivity contribution in [2.75, 3.05) is 32.7 Å². The predicted octanol–water partition coefficient (Wildman–Crippen LogP) is 1.43. The lowest BCUT2D eigenvalue weighted by molar-refractivity contribution is -0.161. The molecule has 2 heterocycles. The first-order valence-electron chi connectivity index (χ1n) is 9.07. The van der Waals surface area contributed by atoms with Gasteiger partial charge in [0.15, 0.2) is 0 Å². The fraction of sp³-hybridized carbons (Fsp3) is 0.526. The number of hydrogen-bond acceptors (Lipinski definition) is 3. The second-order valence-electron chi connectivity index (χ2n) is 6.64. The fourth-order valence-corrected chi connectivity index (χ4v) is 3.30. The lowest BCUT2D eigenvalue weighted by Crippen LogP contribution is -2.58. The van der Waals surface area contributed by atoms with Gasteiger partial charge in [0.25, 0.3) is 0 Å². The molecule has 1 atom stereocenters. The molecule has 6 nitrogen and oxygen atoms in total. The average Bonchev–Trinajstić information content (AvgIpc) is 2.57. The van der Waals surface area contributed by atoms with Gasteiger partial charge in [-0.3, -0.25) is 14.4 Å². The van der Waals surface area contributed by atoms with Crippen LogP contribution in [0.5, 0.6) is 0 Å². The zero-order chi connectivity index (χ0) is 17.8. The van der Waals surface area contributed by atoms with E-state index < -0.39 is 17.9 Å². The van der Waals surface area contributed by atoms with E-state index in [1.54, 1.807) is 9.80 Å². The van der Waals surface area contributed by atoms with Crippen molar-refractivity contribution in [3.05, 3.63) is 35.9 Å². The van der Waals surface area contributed by atoms with E-state index in [0.717, 1.165) is 37.9 Å². The molecule has 0 aliphatic carbocycles. The molecule has 3 rings (SSSR count). The Hall–Kier alpha value is -2.37. The first kappa shape index (κ1) is 17.5. The van der Waals surface area contributed by atoms with Crippen LogP contribution < -0.4 is 0 Å². The van der Waals surface area contributed by atoms with Crippen LogP contribution in [0, 0.1) is 0 Å². The number of likely N-dealkylation sites (tertiary alicyclic amines) is 1. The van der Waals surface area contributed by atoms with Crippen LogP contribution in [0.15, 0.2) is 30.3 Å². The van der Waals surface area contributed by atoms with Gasteiger partial charge in [-0.15, -0.1) is 0 Å². The molecule has 0 aromatic heterocycles. The minimum atomic E-state index is -0.703. The minimum absolute atomic E-state index is 0.0828. The molecule has 0 N–H and O–H groups in total. The number of benzene rings is 1. The third kappa shape index (κ3) is 3.52. The Labute approximate surface area is 148 Å². The summed E-state index contributed by atoms with van der Waals surface area (Å²) in [4.78, 5) is 42.9. The summed E-state index contributed by atoms with van der Waals surface area (Å²) in [7, 11) is 0. The molecule has 2 aliphatic rings.